The summed E-state index contributed by atoms with van der Waals surface area (Å²) in [6.07, 6.45) is -7.17. The molecule has 0 aliphatic carbocycles. The van der Waals surface area contributed by atoms with Crippen molar-refractivity contribution in [1.82, 2.24) is 5.32 Å². The van der Waals surface area contributed by atoms with E-state index < -0.39 is 124 Å². The number of unbranched alkanes of at least 4 members (excludes halogenated alkanes) is 14. The van der Waals surface area contributed by atoms with Crippen molar-refractivity contribution in [2.45, 2.75) is 234 Å². The summed E-state index contributed by atoms with van der Waals surface area (Å²) < 4.78 is 33.8. The summed E-state index contributed by atoms with van der Waals surface area (Å²) in [6, 6.07) is -0.874. The molecule has 1 amide bonds. The van der Waals surface area contributed by atoms with Gasteiger partial charge in [0.05, 0.1) is 38.6 Å². The number of rotatable bonds is 30. The van der Waals surface area contributed by atoms with E-state index in [4.69, 9.17) is 28.4 Å². The number of ether oxygens (including phenoxy) is 6. The lowest BCUT2D eigenvalue weighted by Crippen LogP contribution is -2.66. The molecule has 3 fully saturated rings. The maximum absolute atomic E-state index is 12.6. The molecule has 3 saturated heterocycles. The Morgan fingerprint density at radius 2 is 0.934 bits per heavy atom. The highest BCUT2D eigenvalue weighted by Gasteiger charge is 2.53. The predicted octanol–water partition coefficient (Wildman–Crippen LogP) is -0.641. The summed E-state index contributed by atoms with van der Waals surface area (Å²) in [7, 11) is 0. The molecule has 61 heavy (non-hydrogen) atoms. The van der Waals surface area contributed by atoms with Gasteiger partial charge in [0.25, 0.3) is 0 Å². The molecule has 0 spiro atoms. The third kappa shape index (κ3) is 16.9. The van der Waals surface area contributed by atoms with E-state index in [0.29, 0.717) is 12.8 Å². The molecule has 0 aromatic rings. The Hall–Kier alpha value is -1.21. The van der Waals surface area contributed by atoms with Crippen LogP contribution in [0, 0.1) is 0 Å². The van der Waals surface area contributed by atoms with Crippen LogP contribution in [0.4, 0.5) is 0 Å². The van der Waals surface area contributed by atoms with Gasteiger partial charge in [0.2, 0.25) is 5.91 Å². The number of carbonyl (C=O) groups is 1. The van der Waals surface area contributed by atoms with Crippen molar-refractivity contribution in [2.24, 2.45) is 0 Å². The first-order chi connectivity index (χ1) is 29.3. The minimum atomic E-state index is -1.96. The van der Waals surface area contributed by atoms with E-state index in [2.05, 4.69) is 12.2 Å². The van der Waals surface area contributed by atoms with Gasteiger partial charge in [0.15, 0.2) is 18.9 Å². The lowest BCUT2D eigenvalue weighted by molar-refractivity contribution is -0.379. The lowest BCUT2D eigenvalue weighted by atomic mass is 9.96. The van der Waals surface area contributed by atoms with Gasteiger partial charge in [0, 0.05) is 6.42 Å². The van der Waals surface area contributed by atoms with Crippen molar-refractivity contribution >= 4 is 5.91 Å². The van der Waals surface area contributed by atoms with Crippen LogP contribution in [-0.2, 0) is 33.2 Å². The van der Waals surface area contributed by atoms with E-state index in [0.717, 1.165) is 25.7 Å². The van der Waals surface area contributed by atoms with Gasteiger partial charge >= 0.3 is 0 Å². The largest absolute Gasteiger partial charge is 0.394 e. The average molecular weight is 886 g/mol. The molecule has 3 rings (SSSR count). The number of carbonyl (C=O) groups excluding carboxylic acids is 1. The first kappa shape index (κ1) is 54.1. The van der Waals surface area contributed by atoms with E-state index in [1.54, 1.807) is 0 Å². The fraction of sp³-hybridized carbons (Fsp3) is 0.976. The van der Waals surface area contributed by atoms with Gasteiger partial charge in [-0.1, -0.05) is 110 Å². The van der Waals surface area contributed by atoms with Crippen LogP contribution >= 0.6 is 0 Å². The minimum absolute atomic E-state index is 0.219. The highest BCUT2D eigenvalue weighted by molar-refractivity contribution is 5.76. The molecule has 3 aliphatic heterocycles. The molecule has 0 bridgehead atoms. The highest BCUT2D eigenvalue weighted by Crippen LogP contribution is 2.33. The standard InChI is InChI=1S/C42H79NO18/c1-3-5-6-7-8-9-10-11-12-13-14-15-16-17-18-20-26(47)25(43-30(48)19-4-2)24-56-40-36(54)33(51)38(28(22-45)58-40)61-42-37(55)34(52)39(29(23-46)59-42)60-41-35(53)32(50)31(49)27(21-44)57-41/h25-29,31-42,44-47,49-55H,3-24H2,1-2H3,(H,43,48). The van der Waals surface area contributed by atoms with Crippen molar-refractivity contribution < 1.29 is 89.4 Å². The van der Waals surface area contributed by atoms with Crippen LogP contribution in [0.1, 0.15) is 129 Å². The van der Waals surface area contributed by atoms with Gasteiger partial charge in [-0.25, -0.2) is 0 Å². The van der Waals surface area contributed by atoms with Crippen LogP contribution in [0.25, 0.3) is 0 Å². The summed E-state index contributed by atoms with van der Waals surface area (Å²) in [4.78, 5) is 12.6. The zero-order chi connectivity index (χ0) is 44.9. The van der Waals surface area contributed by atoms with Crippen molar-refractivity contribution in [3.8, 4) is 0 Å². The lowest BCUT2D eigenvalue weighted by Gasteiger charge is -2.48. The third-order valence-electron chi connectivity index (χ3n) is 11.9. The van der Waals surface area contributed by atoms with Crippen LogP contribution in [0.5, 0.6) is 0 Å². The SMILES string of the molecule is CCCCCCCCCCCCCCCCCC(O)C(COC1OC(CO)C(OC2OC(CO)C(OC3OC(CO)C(O)C(O)C3O)C(O)C2O)C(O)C1O)NC(=O)CCC. The first-order valence-corrected chi connectivity index (χ1v) is 22.8. The molecule has 12 N–H and O–H groups in total. The predicted molar refractivity (Wildman–Crippen MR) is 217 cm³/mol. The Morgan fingerprint density at radius 3 is 1.39 bits per heavy atom. The van der Waals surface area contributed by atoms with Gasteiger partial charge in [0.1, 0.15) is 73.2 Å². The molecule has 3 aliphatic rings. The topological polar surface area (TPSA) is 307 Å². The first-order valence-electron chi connectivity index (χ1n) is 22.8. The number of aliphatic hydroxyl groups is 11. The summed E-state index contributed by atoms with van der Waals surface area (Å²) >= 11 is 0. The van der Waals surface area contributed by atoms with Gasteiger partial charge in [-0.05, 0) is 12.8 Å². The quantitative estimate of drug-likeness (QED) is 0.0399. The van der Waals surface area contributed by atoms with Crippen LogP contribution in [0.3, 0.4) is 0 Å². The van der Waals surface area contributed by atoms with Crippen LogP contribution in [0.2, 0.25) is 0 Å². The van der Waals surface area contributed by atoms with E-state index in [9.17, 15) is 61.0 Å². The minimum Gasteiger partial charge on any atom is -0.394 e. The van der Waals surface area contributed by atoms with Crippen molar-refractivity contribution in [2.75, 3.05) is 26.4 Å². The van der Waals surface area contributed by atoms with Crippen LogP contribution in [0.15, 0.2) is 0 Å². The molecule has 19 heteroatoms. The van der Waals surface area contributed by atoms with Crippen LogP contribution in [-0.4, -0.2) is 193 Å². The highest BCUT2D eigenvalue weighted by atomic mass is 16.8. The maximum atomic E-state index is 12.6. The number of nitrogens with one attached hydrogen (secondary N) is 1. The molecule has 19 nitrogen and oxygen atoms in total. The third-order valence-corrected chi connectivity index (χ3v) is 11.9. The Morgan fingerprint density at radius 1 is 0.525 bits per heavy atom. The Balaban J connectivity index is 1.49. The summed E-state index contributed by atoms with van der Waals surface area (Å²) in [6.45, 7) is 1.38. The van der Waals surface area contributed by atoms with E-state index in [-0.39, 0.29) is 18.9 Å². The molecule has 360 valence electrons. The number of hydrogen-bond acceptors (Lipinski definition) is 18. The fourth-order valence-electron chi connectivity index (χ4n) is 8.06. The van der Waals surface area contributed by atoms with Gasteiger partial charge < -0.3 is 89.9 Å². The smallest absolute Gasteiger partial charge is 0.220 e. The molecule has 3 heterocycles. The Bertz CT molecular complexity index is 1160. The van der Waals surface area contributed by atoms with Crippen molar-refractivity contribution in [3.63, 3.8) is 0 Å². The van der Waals surface area contributed by atoms with Crippen molar-refractivity contribution in [3.05, 3.63) is 0 Å². The average Bonchev–Trinajstić information content (AvgIpc) is 3.25. The van der Waals surface area contributed by atoms with Crippen molar-refractivity contribution in [1.29, 1.82) is 0 Å². The van der Waals surface area contributed by atoms with Gasteiger partial charge in [-0.2, -0.15) is 0 Å². The van der Waals surface area contributed by atoms with Gasteiger partial charge in [-0.3, -0.25) is 4.79 Å². The summed E-state index contributed by atoms with van der Waals surface area (Å²) in [5.74, 6) is -0.297. The molecule has 0 aromatic carbocycles. The maximum Gasteiger partial charge on any atom is 0.220 e. The zero-order valence-corrected chi connectivity index (χ0v) is 36.1. The molecular formula is C42H79NO18. The van der Waals surface area contributed by atoms with E-state index >= 15 is 0 Å². The number of aliphatic hydroxyl groups excluding tert-OH is 11. The normalized spacial score (nSPS) is 35.5. The molecule has 0 aromatic heterocycles. The Kier molecular flexibility index (Phi) is 26.0. The second kappa shape index (κ2) is 29.4. The molecular weight excluding hydrogens is 806 g/mol. The summed E-state index contributed by atoms with van der Waals surface area (Å²) in [5, 5.41) is 118. The number of hydrogen-bond donors (Lipinski definition) is 12. The molecule has 0 saturated carbocycles. The van der Waals surface area contributed by atoms with Gasteiger partial charge in [-0.15, -0.1) is 0 Å². The second-order valence-electron chi connectivity index (χ2n) is 16.9. The van der Waals surface area contributed by atoms with E-state index in [1.807, 2.05) is 6.92 Å². The molecule has 0 radical (unpaired) electrons. The summed E-state index contributed by atoms with van der Waals surface area (Å²) in [5.41, 5.74) is 0. The zero-order valence-electron chi connectivity index (χ0n) is 36.1. The Labute approximate surface area is 360 Å². The van der Waals surface area contributed by atoms with E-state index in [1.165, 1.54) is 70.6 Å². The second-order valence-corrected chi connectivity index (χ2v) is 16.9. The fourth-order valence-corrected chi connectivity index (χ4v) is 8.06. The molecule has 17 atom stereocenters. The van der Waals surface area contributed by atoms with Crippen LogP contribution < -0.4 is 5.32 Å². The monoisotopic (exact) mass is 886 g/mol. The molecule has 17 unspecified atom stereocenters. The number of amides is 1.